The standard InChI is InChI=1S/C56H79N13O11S/c1-78-45-21-17-33(29-37(45)49(62)70)64-54(75)42(14-6-10-26-58)67-50(71)38-30-34(18-22-46(38)79-2)65-55(76)43(15-7-11-27-59)68-51(72)39-31-35(19-23-47(39)80-3)66-56(77)44(16-8-12-28-60)69-52(73)40-32-36(20-24-48(40)81-4)63-53(74)41(61)13-5-9-25-57/h17-24,29-32,41-44H,5-16,25-28,57-61H2,1-4H3,(H2,62,70)(H,63,74)(H,64,75)(H,65,76)(H,66,77)(H,67,71)(H,68,72)(H,69,73)/t41-,42-,43-,44-/m0/s1. The summed E-state index contributed by atoms with van der Waals surface area (Å²) < 4.78 is 16.3. The summed E-state index contributed by atoms with van der Waals surface area (Å²) in [5, 5.41) is 19.5. The summed E-state index contributed by atoms with van der Waals surface area (Å²) >= 11 is 1.31. The first-order chi connectivity index (χ1) is 38.9. The number of amides is 8. The van der Waals surface area contributed by atoms with Crippen molar-refractivity contribution in [1.82, 2.24) is 16.0 Å². The van der Waals surface area contributed by atoms with Gasteiger partial charge in [-0.2, -0.15) is 0 Å². The number of nitrogens with one attached hydrogen (secondary N) is 7. The number of nitrogens with two attached hydrogens (primary N) is 6. The van der Waals surface area contributed by atoms with Gasteiger partial charge in [0.1, 0.15) is 35.4 Å². The molecule has 0 unspecified atom stereocenters. The summed E-state index contributed by atoms with van der Waals surface area (Å²) in [5.41, 5.74) is 35.6. The minimum Gasteiger partial charge on any atom is -0.496 e. The molecule has 4 rings (SSSR count). The maximum atomic E-state index is 14.2. The van der Waals surface area contributed by atoms with Crippen LogP contribution in [-0.4, -0.2) is 125 Å². The van der Waals surface area contributed by atoms with E-state index >= 15 is 0 Å². The van der Waals surface area contributed by atoms with E-state index in [0.717, 1.165) is 6.42 Å². The molecular weight excluding hydrogens is 1060 g/mol. The molecule has 4 aromatic carbocycles. The van der Waals surface area contributed by atoms with Gasteiger partial charge in [-0.1, -0.05) is 6.42 Å². The van der Waals surface area contributed by atoms with Crippen molar-refractivity contribution in [2.24, 2.45) is 34.4 Å². The molecule has 4 atom stereocenters. The second kappa shape index (κ2) is 34.4. The third-order valence-electron chi connectivity index (χ3n) is 12.9. The number of rotatable bonds is 35. The van der Waals surface area contributed by atoms with Gasteiger partial charge < -0.3 is 85.8 Å². The number of methoxy groups -OCH3 is 3. The molecule has 0 heterocycles. The van der Waals surface area contributed by atoms with Gasteiger partial charge in [0.15, 0.2) is 0 Å². The zero-order valence-electron chi connectivity index (χ0n) is 46.4. The monoisotopic (exact) mass is 1140 g/mol. The third-order valence-corrected chi connectivity index (χ3v) is 13.7. The van der Waals surface area contributed by atoms with Gasteiger partial charge in [0.2, 0.25) is 23.6 Å². The van der Waals surface area contributed by atoms with Crippen molar-refractivity contribution in [2.45, 2.75) is 106 Å². The van der Waals surface area contributed by atoms with E-state index in [2.05, 4.69) is 37.2 Å². The van der Waals surface area contributed by atoms with E-state index in [1.807, 2.05) is 0 Å². The summed E-state index contributed by atoms with van der Waals surface area (Å²) in [5.74, 6) is -4.60. The fraction of sp³-hybridized carbons (Fsp3) is 0.429. The fourth-order valence-electron chi connectivity index (χ4n) is 8.42. The van der Waals surface area contributed by atoms with Crippen LogP contribution in [0.2, 0.25) is 0 Å². The highest BCUT2D eigenvalue weighted by atomic mass is 32.2. The first-order valence-corrected chi connectivity index (χ1v) is 27.9. The van der Waals surface area contributed by atoms with Crippen LogP contribution in [0.3, 0.4) is 0 Å². The Balaban J connectivity index is 1.55. The van der Waals surface area contributed by atoms with Gasteiger partial charge in [0.25, 0.3) is 23.6 Å². The Labute approximate surface area is 476 Å². The Morgan fingerprint density at radius 1 is 0.432 bits per heavy atom. The van der Waals surface area contributed by atoms with Crippen LogP contribution < -0.4 is 85.8 Å². The molecule has 0 aliphatic heterocycles. The highest BCUT2D eigenvalue weighted by Crippen LogP contribution is 2.28. The molecule has 0 aromatic heterocycles. The predicted molar refractivity (Wildman–Crippen MR) is 314 cm³/mol. The number of thioether (sulfide) groups is 1. The number of hydrogen-bond donors (Lipinski definition) is 13. The van der Waals surface area contributed by atoms with Crippen molar-refractivity contribution >= 4 is 81.8 Å². The van der Waals surface area contributed by atoms with Crippen molar-refractivity contribution in [1.29, 1.82) is 0 Å². The first kappa shape index (κ1) is 65.7. The van der Waals surface area contributed by atoms with Gasteiger partial charge in [-0.25, -0.2) is 0 Å². The number of primary amides is 1. The largest absolute Gasteiger partial charge is 0.496 e. The molecule has 0 saturated carbocycles. The number of anilines is 4. The zero-order chi connectivity index (χ0) is 59.4. The fourth-order valence-corrected chi connectivity index (χ4v) is 9.00. The Bertz CT molecular complexity index is 2800. The van der Waals surface area contributed by atoms with Crippen LogP contribution in [0.4, 0.5) is 22.7 Å². The lowest BCUT2D eigenvalue weighted by Crippen LogP contribution is -2.44. The molecule has 440 valence electrons. The number of carbonyl (C=O) groups excluding carboxylic acids is 8. The molecule has 8 amide bonds. The van der Waals surface area contributed by atoms with Crippen LogP contribution in [0, 0.1) is 0 Å². The molecule has 24 nitrogen and oxygen atoms in total. The van der Waals surface area contributed by atoms with E-state index in [1.165, 1.54) is 93.8 Å². The van der Waals surface area contributed by atoms with E-state index < -0.39 is 71.4 Å². The van der Waals surface area contributed by atoms with E-state index in [1.54, 1.807) is 18.4 Å². The lowest BCUT2D eigenvalue weighted by molar-refractivity contribution is -0.118. The van der Waals surface area contributed by atoms with Crippen molar-refractivity contribution in [3.05, 3.63) is 95.1 Å². The maximum Gasteiger partial charge on any atom is 0.255 e. The summed E-state index contributed by atoms with van der Waals surface area (Å²) in [6.07, 6.45) is 7.23. The molecule has 0 aliphatic rings. The summed E-state index contributed by atoms with van der Waals surface area (Å²) in [4.78, 5) is 110. The molecule has 0 radical (unpaired) electrons. The van der Waals surface area contributed by atoms with Crippen LogP contribution >= 0.6 is 11.8 Å². The van der Waals surface area contributed by atoms with E-state index in [0.29, 0.717) is 88.1 Å². The van der Waals surface area contributed by atoms with Gasteiger partial charge in [-0.15, -0.1) is 11.8 Å². The number of unbranched alkanes of at least 4 members (excludes halogenated alkanes) is 4. The highest BCUT2D eigenvalue weighted by molar-refractivity contribution is 7.98. The minimum absolute atomic E-state index is 0.0313. The summed E-state index contributed by atoms with van der Waals surface area (Å²) in [6.45, 7) is 1.50. The van der Waals surface area contributed by atoms with Crippen LogP contribution in [0.15, 0.2) is 77.7 Å². The topological polar surface area (TPSA) is 405 Å². The van der Waals surface area contributed by atoms with E-state index in [4.69, 9.17) is 48.6 Å². The van der Waals surface area contributed by atoms with Gasteiger partial charge in [0, 0.05) is 27.6 Å². The molecule has 0 saturated heterocycles. The van der Waals surface area contributed by atoms with E-state index in [-0.39, 0.29) is 75.8 Å². The molecular formula is C56H79N13O11S. The van der Waals surface area contributed by atoms with Crippen LogP contribution in [0.25, 0.3) is 0 Å². The molecule has 0 fully saturated rings. The van der Waals surface area contributed by atoms with Gasteiger partial charge in [-0.3, -0.25) is 38.4 Å². The molecule has 19 N–H and O–H groups in total. The second-order valence-electron chi connectivity index (χ2n) is 18.8. The Hall–Kier alpha value is -7.81. The van der Waals surface area contributed by atoms with Gasteiger partial charge in [-0.05, 0) is 176 Å². The number of benzene rings is 4. The minimum atomic E-state index is -1.16. The average molecular weight is 1140 g/mol. The van der Waals surface area contributed by atoms with Crippen LogP contribution in [0.1, 0.15) is 118 Å². The molecule has 25 heteroatoms. The molecule has 0 spiro atoms. The number of hydrogen-bond acceptors (Lipinski definition) is 17. The average Bonchev–Trinajstić information content (AvgIpc) is 3.48. The van der Waals surface area contributed by atoms with E-state index in [9.17, 15) is 38.4 Å². The lowest BCUT2D eigenvalue weighted by atomic mass is 10.1. The van der Waals surface area contributed by atoms with Gasteiger partial charge in [0.05, 0.1) is 49.6 Å². The first-order valence-electron chi connectivity index (χ1n) is 26.7. The normalized spacial score (nSPS) is 12.4. The Morgan fingerprint density at radius 2 is 0.741 bits per heavy atom. The SMILES string of the molecule is COc1ccc(NC(=O)[C@H](CCCCN)NC(=O)c2cc(NC(=O)[C@H](CCCCN)NC(=O)c3cc(NC(=O)[C@H](CCCCN)NC(=O)c4cc(NC(=O)[C@@H](N)CCCCN)ccc4SC)ccc3OC)ccc2OC)cc1C(N)=O. The van der Waals surface area contributed by atoms with Crippen LogP contribution in [0.5, 0.6) is 17.2 Å². The Morgan fingerprint density at radius 3 is 1.09 bits per heavy atom. The van der Waals surface area contributed by atoms with Crippen molar-refractivity contribution < 1.29 is 52.6 Å². The molecule has 4 aromatic rings. The molecule has 81 heavy (non-hydrogen) atoms. The third kappa shape index (κ3) is 20.4. The molecule has 0 aliphatic carbocycles. The van der Waals surface area contributed by atoms with Crippen LogP contribution in [-0.2, 0) is 19.2 Å². The zero-order valence-corrected chi connectivity index (χ0v) is 47.2. The quantitative estimate of drug-likeness (QED) is 0.0231. The highest BCUT2D eigenvalue weighted by Gasteiger charge is 2.29. The smallest absolute Gasteiger partial charge is 0.255 e. The van der Waals surface area contributed by atoms with Crippen molar-refractivity contribution in [3.63, 3.8) is 0 Å². The second-order valence-corrected chi connectivity index (χ2v) is 19.7. The predicted octanol–water partition coefficient (Wildman–Crippen LogP) is 3.53. The maximum absolute atomic E-state index is 14.2. The molecule has 0 bridgehead atoms. The number of ether oxygens (including phenoxy) is 3. The summed E-state index contributed by atoms with van der Waals surface area (Å²) in [6, 6.07) is 13.8. The Kier molecular flexibility index (Phi) is 27.9. The van der Waals surface area contributed by atoms with Gasteiger partial charge >= 0.3 is 0 Å². The van der Waals surface area contributed by atoms with Crippen molar-refractivity contribution in [2.75, 3.05) is 75.0 Å². The number of carbonyl (C=O) groups is 8. The summed E-state index contributed by atoms with van der Waals surface area (Å²) in [7, 11) is 4.08. The van der Waals surface area contributed by atoms with Crippen molar-refractivity contribution in [3.8, 4) is 17.2 Å². The lowest BCUT2D eigenvalue weighted by Gasteiger charge is -2.22.